The summed E-state index contributed by atoms with van der Waals surface area (Å²) in [6.07, 6.45) is 6.90. The molecular formula is C56H63BrN6O8. The normalized spacial score (nSPS) is 19.9. The molecule has 2 atom stereocenters. The minimum atomic E-state index is -0.614. The molecule has 2 unspecified atom stereocenters. The van der Waals surface area contributed by atoms with Gasteiger partial charge in [0.15, 0.2) is 0 Å². The van der Waals surface area contributed by atoms with Gasteiger partial charge in [0, 0.05) is 75.1 Å². The Hall–Kier alpha value is -6.71. The number of benzene rings is 4. The fourth-order valence-corrected chi connectivity index (χ4v) is 9.87. The quantitative estimate of drug-likeness (QED) is 0.137. The Morgan fingerprint density at radius 2 is 1.11 bits per heavy atom. The van der Waals surface area contributed by atoms with Crippen molar-refractivity contribution in [2.75, 3.05) is 26.2 Å². The molecule has 2 fully saturated rings. The van der Waals surface area contributed by atoms with Crippen molar-refractivity contribution in [3.8, 4) is 0 Å². The van der Waals surface area contributed by atoms with E-state index >= 15 is 0 Å². The Kier molecular flexibility index (Phi) is 16.9. The molecule has 0 aromatic heterocycles. The number of carbonyl (C=O) groups is 7. The van der Waals surface area contributed by atoms with E-state index in [9.17, 15) is 33.6 Å². The van der Waals surface area contributed by atoms with Gasteiger partial charge >= 0.3 is 6.09 Å². The maximum atomic E-state index is 12.9. The van der Waals surface area contributed by atoms with Crippen molar-refractivity contribution in [2.24, 2.45) is 0 Å². The molecule has 2 saturated heterocycles. The second-order valence-corrected chi connectivity index (χ2v) is 19.8. The Morgan fingerprint density at radius 3 is 1.52 bits per heavy atom. The SMILES string of the molecule is BrCc1ccccc1.C.CC(C)(C)OC(=O)N1CC=C(c2ccc3c(c2)CN(C2CCC(=O)NC2=O)C3=O)CC1.O=C1CCC(N2Cc3cc(C4=CCN(Cc5ccccc5)CC4)ccc3C2=O)C(=O)N1. The summed E-state index contributed by atoms with van der Waals surface area (Å²) in [7, 11) is 0. The van der Waals surface area contributed by atoms with Crippen LogP contribution < -0.4 is 10.6 Å². The highest BCUT2D eigenvalue weighted by molar-refractivity contribution is 9.08. The Bertz CT molecular complexity index is 2730. The summed E-state index contributed by atoms with van der Waals surface area (Å²) in [6, 6.07) is 31.3. The smallest absolute Gasteiger partial charge is 0.410 e. The molecule has 4 aromatic rings. The van der Waals surface area contributed by atoms with Crippen molar-refractivity contribution in [1.29, 1.82) is 0 Å². The predicted octanol–water partition coefficient (Wildman–Crippen LogP) is 8.43. The van der Waals surface area contributed by atoms with E-state index in [0.29, 0.717) is 56.6 Å². The first-order chi connectivity index (χ1) is 33.6. The van der Waals surface area contributed by atoms with Crippen molar-refractivity contribution in [2.45, 2.75) is 109 Å². The van der Waals surface area contributed by atoms with Crippen LogP contribution in [0, 0.1) is 0 Å². The third-order valence-electron chi connectivity index (χ3n) is 13.2. The van der Waals surface area contributed by atoms with Crippen LogP contribution in [0.3, 0.4) is 0 Å². The number of ether oxygens (including phenoxy) is 1. The monoisotopic (exact) mass is 1030 g/mol. The molecule has 15 heteroatoms. The zero-order chi connectivity index (χ0) is 49.5. The lowest BCUT2D eigenvalue weighted by molar-refractivity contribution is -0.138. The van der Waals surface area contributed by atoms with Crippen molar-refractivity contribution >= 4 is 68.6 Å². The number of rotatable bonds is 7. The van der Waals surface area contributed by atoms with Crippen LogP contribution in [0.15, 0.2) is 109 Å². The minimum Gasteiger partial charge on any atom is -0.444 e. The number of hydrogen-bond acceptors (Lipinski definition) is 9. The van der Waals surface area contributed by atoms with Crippen LogP contribution in [0.1, 0.15) is 121 Å². The van der Waals surface area contributed by atoms with Crippen molar-refractivity contribution in [1.82, 2.24) is 30.2 Å². The Morgan fingerprint density at radius 1 is 0.634 bits per heavy atom. The first-order valence-corrected chi connectivity index (χ1v) is 25.0. The molecule has 6 aliphatic rings. The first kappa shape index (κ1) is 52.1. The number of nitrogens with one attached hydrogen (secondary N) is 2. The van der Waals surface area contributed by atoms with E-state index in [2.05, 4.69) is 80.0 Å². The van der Waals surface area contributed by atoms with Crippen LogP contribution in [0.25, 0.3) is 11.1 Å². The fourth-order valence-electron chi connectivity index (χ4n) is 9.50. The van der Waals surface area contributed by atoms with Gasteiger partial charge in [0.2, 0.25) is 23.6 Å². The fraction of sp³-hybridized carbons (Fsp3) is 0.375. The molecule has 0 aliphatic carbocycles. The maximum absolute atomic E-state index is 12.9. The number of carbonyl (C=O) groups excluding carboxylic acids is 7. The second kappa shape index (κ2) is 23.0. The van der Waals surface area contributed by atoms with Gasteiger partial charge in [-0.25, -0.2) is 4.79 Å². The van der Waals surface area contributed by atoms with Crippen LogP contribution >= 0.6 is 15.9 Å². The van der Waals surface area contributed by atoms with Crippen LogP contribution in [-0.4, -0.2) is 105 Å². The molecule has 7 amide bonds. The lowest BCUT2D eigenvalue weighted by Crippen LogP contribution is -2.52. The second-order valence-electron chi connectivity index (χ2n) is 19.3. The number of halogens is 1. The molecule has 4 aromatic carbocycles. The van der Waals surface area contributed by atoms with Gasteiger partial charge in [-0.3, -0.25) is 44.3 Å². The molecule has 71 heavy (non-hydrogen) atoms. The van der Waals surface area contributed by atoms with Gasteiger partial charge in [0.1, 0.15) is 17.7 Å². The van der Waals surface area contributed by atoms with Gasteiger partial charge in [-0.15, -0.1) is 0 Å². The lowest BCUT2D eigenvalue weighted by Gasteiger charge is -2.29. The van der Waals surface area contributed by atoms with Gasteiger partial charge in [-0.2, -0.15) is 0 Å². The summed E-state index contributed by atoms with van der Waals surface area (Å²) in [5.74, 6) is -1.64. The highest BCUT2D eigenvalue weighted by atomic mass is 79.9. The highest BCUT2D eigenvalue weighted by Crippen LogP contribution is 2.34. The summed E-state index contributed by atoms with van der Waals surface area (Å²) in [5, 5.41) is 5.63. The average Bonchev–Trinajstić information content (AvgIpc) is 3.86. The molecule has 372 valence electrons. The third kappa shape index (κ3) is 12.8. The average molecular weight is 1030 g/mol. The van der Waals surface area contributed by atoms with Crippen LogP contribution in [0.5, 0.6) is 0 Å². The molecule has 0 bridgehead atoms. The van der Waals surface area contributed by atoms with E-state index < -0.39 is 23.6 Å². The van der Waals surface area contributed by atoms with Crippen molar-refractivity contribution in [3.63, 3.8) is 0 Å². The number of hydrogen-bond donors (Lipinski definition) is 2. The van der Waals surface area contributed by atoms with E-state index in [1.54, 1.807) is 20.8 Å². The molecule has 0 saturated carbocycles. The van der Waals surface area contributed by atoms with Gasteiger partial charge in [0.25, 0.3) is 11.8 Å². The van der Waals surface area contributed by atoms with E-state index in [-0.39, 0.29) is 55.9 Å². The number of piperidine rings is 2. The summed E-state index contributed by atoms with van der Waals surface area (Å²) < 4.78 is 5.44. The lowest BCUT2D eigenvalue weighted by atomic mass is 9.96. The molecule has 2 N–H and O–H groups in total. The zero-order valence-electron chi connectivity index (χ0n) is 39.9. The van der Waals surface area contributed by atoms with E-state index in [4.69, 9.17) is 4.74 Å². The van der Waals surface area contributed by atoms with E-state index in [0.717, 1.165) is 59.2 Å². The van der Waals surface area contributed by atoms with Crippen molar-refractivity contribution in [3.05, 3.63) is 154 Å². The van der Waals surface area contributed by atoms with Gasteiger partial charge < -0.3 is 19.4 Å². The zero-order valence-corrected chi connectivity index (χ0v) is 41.5. The number of fused-ring (bicyclic) bond motifs is 2. The molecule has 0 spiro atoms. The molecule has 6 aliphatic heterocycles. The molecule has 14 nitrogen and oxygen atoms in total. The van der Waals surface area contributed by atoms with Crippen LogP contribution in [0.4, 0.5) is 4.79 Å². The number of alkyl halides is 1. The summed E-state index contributed by atoms with van der Waals surface area (Å²) >= 11 is 3.36. The van der Waals surface area contributed by atoms with E-state index in [1.165, 1.54) is 16.7 Å². The molecule has 0 radical (unpaired) electrons. The van der Waals surface area contributed by atoms with Gasteiger partial charge in [-0.1, -0.05) is 108 Å². The topological polar surface area (TPSA) is 166 Å². The van der Waals surface area contributed by atoms with Crippen LogP contribution in [-0.2, 0) is 48.9 Å². The Labute approximate surface area is 424 Å². The minimum absolute atomic E-state index is 0. The standard InChI is InChI=1S/C25H25N3O3.C23H27N3O5.C7H7Br.CH4/c29-23-9-8-22(24(30)26-23)28-16-20-14-19(6-7-21(20)25(28)31)18-10-12-27(13-11-18)15-17-4-2-1-3-5-17;1-23(2,3)31-22(30)25-10-8-14(9-11-25)15-4-5-17-16(12-15)13-26(21(17)29)18-6-7-19(27)24-20(18)28;8-6-7-4-2-1-3-5-7;/h1-7,10,14,22H,8-9,11-13,15-16H2,(H,26,29,30);4-5,8,12,18H,6-7,9-11,13H2,1-3H3,(H,24,27,28);1-5H,6H2;1H4. The Balaban J connectivity index is 0.000000178. The summed E-state index contributed by atoms with van der Waals surface area (Å²) in [4.78, 5) is 92.5. The molecular weight excluding hydrogens is 965 g/mol. The number of amides is 7. The largest absolute Gasteiger partial charge is 0.444 e. The van der Waals surface area contributed by atoms with Crippen molar-refractivity contribution < 1.29 is 38.3 Å². The third-order valence-corrected chi connectivity index (χ3v) is 13.8. The number of imide groups is 2. The summed E-state index contributed by atoms with van der Waals surface area (Å²) in [5.41, 5.74) is 9.81. The van der Waals surface area contributed by atoms with Gasteiger partial charge in [-0.05, 0) is 115 Å². The maximum Gasteiger partial charge on any atom is 0.410 e. The first-order valence-electron chi connectivity index (χ1n) is 23.9. The predicted molar refractivity (Wildman–Crippen MR) is 275 cm³/mol. The number of nitrogens with zero attached hydrogens (tertiary/aromatic N) is 4. The molecule has 6 heterocycles. The van der Waals surface area contributed by atoms with Crippen LogP contribution in [0.2, 0.25) is 0 Å². The summed E-state index contributed by atoms with van der Waals surface area (Å²) in [6.45, 7) is 10.2. The van der Waals surface area contributed by atoms with Gasteiger partial charge in [0.05, 0.1) is 0 Å². The highest BCUT2D eigenvalue weighted by Gasteiger charge is 2.41. The molecule has 10 rings (SSSR count). The van der Waals surface area contributed by atoms with E-state index in [1.807, 2.05) is 75.4 Å².